The molecule has 0 saturated carbocycles. The zero-order chi connectivity index (χ0) is 21.9. The summed E-state index contributed by atoms with van der Waals surface area (Å²) in [4.78, 5) is 4.86. The van der Waals surface area contributed by atoms with Crippen LogP contribution in [-0.2, 0) is 6.54 Å². The second kappa shape index (κ2) is 9.02. The molecule has 4 aromatic rings. The SMILES string of the molecule is COc1ccc(-c2ccc(-n3ncc(CN4CCN(C)CC4)c3-c3ccco3)cc2)cc1. The second-order valence-electron chi connectivity index (χ2n) is 8.26. The summed E-state index contributed by atoms with van der Waals surface area (Å²) in [6, 6.07) is 20.5. The third-order valence-electron chi connectivity index (χ3n) is 6.12. The van der Waals surface area contributed by atoms with Gasteiger partial charge in [0, 0.05) is 38.3 Å². The van der Waals surface area contributed by atoms with E-state index < -0.39 is 0 Å². The molecule has 0 amide bonds. The van der Waals surface area contributed by atoms with Gasteiger partial charge in [-0.2, -0.15) is 5.10 Å². The molecule has 0 atom stereocenters. The minimum atomic E-state index is 0.839. The van der Waals surface area contributed by atoms with Crippen molar-refractivity contribution < 1.29 is 9.15 Å². The molecular formula is C26H28N4O2. The predicted molar refractivity (Wildman–Crippen MR) is 126 cm³/mol. The largest absolute Gasteiger partial charge is 0.497 e. The van der Waals surface area contributed by atoms with Crippen LogP contribution in [0.3, 0.4) is 0 Å². The Bertz CT molecular complexity index is 1140. The zero-order valence-corrected chi connectivity index (χ0v) is 18.6. The van der Waals surface area contributed by atoms with E-state index >= 15 is 0 Å². The first-order valence-electron chi connectivity index (χ1n) is 11.0. The highest BCUT2D eigenvalue weighted by Crippen LogP contribution is 2.30. The van der Waals surface area contributed by atoms with Gasteiger partial charge in [-0.1, -0.05) is 24.3 Å². The molecule has 1 fully saturated rings. The molecule has 2 aromatic carbocycles. The lowest BCUT2D eigenvalue weighted by atomic mass is 10.1. The summed E-state index contributed by atoms with van der Waals surface area (Å²) in [6.45, 7) is 5.19. The van der Waals surface area contributed by atoms with Crippen molar-refractivity contribution in [2.24, 2.45) is 0 Å². The minimum absolute atomic E-state index is 0.839. The smallest absolute Gasteiger partial charge is 0.152 e. The van der Waals surface area contributed by atoms with E-state index in [1.807, 2.05) is 35.1 Å². The van der Waals surface area contributed by atoms with Crippen molar-refractivity contribution >= 4 is 0 Å². The fraction of sp³-hybridized carbons (Fsp3) is 0.269. The average molecular weight is 429 g/mol. The Labute approximate surface area is 188 Å². The fourth-order valence-corrected chi connectivity index (χ4v) is 4.20. The summed E-state index contributed by atoms with van der Waals surface area (Å²) in [5.41, 5.74) is 5.52. The lowest BCUT2D eigenvalue weighted by Crippen LogP contribution is -2.43. The number of ether oxygens (including phenoxy) is 1. The number of piperazine rings is 1. The minimum Gasteiger partial charge on any atom is -0.497 e. The van der Waals surface area contributed by atoms with E-state index in [1.165, 1.54) is 5.56 Å². The summed E-state index contributed by atoms with van der Waals surface area (Å²) < 4.78 is 13.1. The van der Waals surface area contributed by atoms with Crippen LogP contribution in [-0.4, -0.2) is 59.9 Å². The summed E-state index contributed by atoms with van der Waals surface area (Å²) in [6.07, 6.45) is 3.70. The third-order valence-corrected chi connectivity index (χ3v) is 6.12. The van der Waals surface area contributed by atoms with E-state index in [4.69, 9.17) is 14.3 Å². The molecule has 0 unspecified atom stereocenters. The zero-order valence-electron chi connectivity index (χ0n) is 18.6. The maximum atomic E-state index is 5.80. The number of hydrogen-bond donors (Lipinski definition) is 0. The molecule has 32 heavy (non-hydrogen) atoms. The number of benzene rings is 2. The van der Waals surface area contributed by atoms with Crippen molar-refractivity contribution in [1.29, 1.82) is 0 Å². The first-order valence-corrected chi connectivity index (χ1v) is 11.0. The molecule has 0 radical (unpaired) electrons. The number of aromatic nitrogens is 2. The molecule has 1 saturated heterocycles. The Hall–Kier alpha value is -3.35. The summed E-state index contributed by atoms with van der Waals surface area (Å²) in [5, 5.41) is 4.75. The van der Waals surface area contributed by atoms with Gasteiger partial charge in [-0.05, 0) is 54.6 Å². The van der Waals surface area contributed by atoms with Crippen molar-refractivity contribution in [3.8, 4) is 34.0 Å². The van der Waals surface area contributed by atoms with Gasteiger partial charge in [0.1, 0.15) is 11.4 Å². The summed E-state index contributed by atoms with van der Waals surface area (Å²) in [7, 11) is 3.86. The number of likely N-dealkylation sites (N-methyl/N-ethyl adjacent to an activating group) is 1. The molecule has 0 aliphatic carbocycles. The molecule has 0 N–H and O–H groups in total. The van der Waals surface area contributed by atoms with Crippen LogP contribution in [0.25, 0.3) is 28.3 Å². The Morgan fingerprint density at radius 1 is 0.906 bits per heavy atom. The third kappa shape index (κ3) is 4.20. The molecule has 3 heterocycles. The van der Waals surface area contributed by atoms with Gasteiger partial charge in [-0.3, -0.25) is 4.90 Å². The first-order chi connectivity index (χ1) is 15.7. The summed E-state index contributed by atoms with van der Waals surface area (Å²) in [5.74, 6) is 1.70. The maximum absolute atomic E-state index is 5.80. The highest BCUT2D eigenvalue weighted by molar-refractivity contribution is 5.67. The van der Waals surface area contributed by atoms with Crippen molar-refractivity contribution in [3.63, 3.8) is 0 Å². The van der Waals surface area contributed by atoms with Gasteiger partial charge in [0.05, 0.1) is 25.3 Å². The van der Waals surface area contributed by atoms with Gasteiger partial charge >= 0.3 is 0 Å². The Morgan fingerprint density at radius 2 is 1.59 bits per heavy atom. The van der Waals surface area contributed by atoms with Crippen molar-refractivity contribution in [2.75, 3.05) is 40.3 Å². The standard InChI is InChI=1S/C26H28N4O2/c1-28-13-15-29(16-14-28)19-22-18-27-30(26(22)25-4-3-17-32-25)23-9-5-20(6-10-23)21-7-11-24(31-2)12-8-21/h3-12,17-18H,13-16,19H2,1-2H3. The van der Waals surface area contributed by atoms with E-state index in [-0.39, 0.29) is 0 Å². The molecule has 2 aromatic heterocycles. The van der Waals surface area contributed by atoms with E-state index in [9.17, 15) is 0 Å². The van der Waals surface area contributed by atoms with Crippen LogP contribution in [0.4, 0.5) is 0 Å². The predicted octanol–water partition coefficient (Wildman–Crippen LogP) is 4.56. The number of nitrogens with zero attached hydrogens (tertiary/aromatic N) is 4. The van der Waals surface area contributed by atoms with Gasteiger partial charge in [-0.15, -0.1) is 0 Å². The van der Waals surface area contributed by atoms with Crippen LogP contribution in [0, 0.1) is 0 Å². The number of furan rings is 1. The van der Waals surface area contributed by atoms with Crippen LogP contribution >= 0.6 is 0 Å². The van der Waals surface area contributed by atoms with Gasteiger partial charge in [-0.25, -0.2) is 4.68 Å². The highest BCUT2D eigenvalue weighted by Gasteiger charge is 2.21. The summed E-state index contributed by atoms with van der Waals surface area (Å²) >= 11 is 0. The van der Waals surface area contributed by atoms with Crippen LogP contribution < -0.4 is 4.74 Å². The maximum Gasteiger partial charge on any atom is 0.152 e. The highest BCUT2D eigenvalue weighted by atomic mass is 16.5. The van der Waals surface area contributed by atoms with Crippen LogP contribution in [0.2, 0.25) is 0 Å². The molecule has 1 aliphatic rings. The molecule has 6 nitrogen and oxygen atoms in total. The number of methoxy groups -OCH3 is 1. The average Bonchev–Trinajstić information content (AvgIpc) is 3.51. The van der Waals surface area contributed by atoms with Gasteiger partial charge in [0.15, 0.2) is 5.76 Å². The topological polar surface area (TPSA) is 46.7 Å². The molecule has 164 valence electrons. The van der Waals surface area contributed by atoms with Gasteiger partial charge < -0.3 is 14.1 Å². The van der Waals surface area contributed by atoms with Gasteiger partial charge in [0.2, 0.25) is 0 Å². The molecule has 0 spiro atoms. The molecule has 0 bridgehead atoms. The van der Waals surface area contributed by atoms with Crippen LogP contribution in [0.5, 0.6) is 5.75 Å². The van der Waals surface area contributed by atoms with Crippen LogP contribution in [0.15, 0.2) is 77.5 Å². The van der Waals surface area contributed by atoms with Crippen molar-refractivity contribution in [2.45, 2.75) is 6.54 Å². The second-order valence-corrected chi connectivity index (χ2v) is 8.26. The fourth-order valence-electron chi connectivity index (χ4n) is 4.20. The van der Waals surface area contributed by atoms with Crippen molar-refractivity contribution in [1.82, 2.24) is 19.6 Å². The number of hydrogen-bond acceptors (Lipinski definition) is 5. The van der Waals surface area contributed by atoms with Crippen molar-refractivity contribution in [3.05, 3.63) is 78.7 Å². The molecule has 1 aliphatic heterocycles. The monoisotopic (exact) mass is 428 g/mol. The van der Waals surface area contributed by atoms with Crippen LogP contribution in [0.1, 0.15) is 5.56 Å². The Balaban J connectivity index is 1.44. The quantitative estimate of drug-likeness (QED) is 0.451. The lowest BCUT2D eigenvalue weighted by molar-refractivity contribution is 0.148. The molecule has 6 heteroatoms. The molecular weight excluding hydrogens is 400 g/mol. The van der Waals surface area contributed by atoms with Gasteiger partial charge in [0.25, 0.3) is 0 Å². The van der Waals surface area contributed by atoms with E-state index in [0.29, 0.717) is 0 Å². The van der Waals surface area contributed by atoms with E-state index in [1.54, 1.807) is 13.4 Å². The van der Waals surface area contributed by atoms with E-state index in [0.717, 1.165) is 66.7 Å². The Morgan fingerprint density at radius 3 is 2.22 bits per heavy atom. The van der Waals surface area contributed by atoms with E-state index in [2.05, 4.69) is 53.2 Å². The molecule has 5 rings (SSSR count). The lowest BCUT2D eigenvalue weighted by Gasteiger charge is -2.32. The Kier molecular flexibility index (Phi) is 5.79. The number of rotatable bonds is 6. The first kappa shape index (κ1) is 20.5. The normalized spacial score (nSPS) is 15.2.